The van der Waals surface area contributed by atoms with Crippen molar-refractivity contribution in [3.05, 3.63) is 22.7 Å². The molecule has 1 aromatic rings. The normalized spacial score (nSPS) is 12.3. The third-order valence-electron chi connectivity index (χ3n) is 2.11. The van der Waals surface area contributed by atoms with Gasteiger partial charge in [0.25, 0.3) is 0 Å². The largest absolute Gasteiger partial charge is 0.495 e. The van der Waals surface area contributed by atoms with Crippen molar-refractivity contribution in [2.45, 2.75) is 6.92 Å². The highest BCUT2D eigenvalue weighted by Crippen LogP contribution is 2.27. The number of hydrogen-bond acceptors (Lipinski definition) is 3. The summed E-state index contributed by atoms with van der Waals surface area (Å²) in [5, 5.41) is 12.2. The Hall–Kier alpha value is -0.740. The predicted octanol–water partition coefficient (Wildman–Crippen LogP) is 2.50. The van der Waals surface area contributed by atoms with Crippen molar-refractivity contribution in [2.24, 2.45) is 5.92 Å². The van der Waals surface area contributed by atoms with Gasteiger partial charge < -0.3 is 15.2 Å². The quantitative estimate of drug-likeness (QED) is 0.866. The van der Waals surface area contributed by atoms with Gasteiger partial charge >= 0.3 is 0 Å². The smallest absolute Gasteiger partial charge is 0.142 e. The minimum absolute atomic E-state index is 0.184. The van der Waals surface area contributed by atoms with Crippen LogP contribution in [0, 0.1) is 5.92 Å². The summed E-state index contributed by atoms with van der Waals surface area (Å²) in [6.07, 6.45) is 0. The van der Waals surface area contributed by atoms with Crippen molar-refractivity contribution in [2.75, 3.05) is 25.6 Å². The molecule has 0 amide bonds. The minimum Gasteiger partial charge on any atom is -0.495 e. The maximum Gasteiger partial charge on any atom is 0.142 e. The third kappa shape index (κ3) is 3.72. The molecular weight excluding hydrogens is 258 g/mol. The van der Waals surface area contributed by atoms with Gasteiger partial charge in [-0.25, -0.2) is 0 Å². The highest BCUT2D eigenvalue weighted by molar-refractivity contribution is 9.10. The highest BCUT2D eigenvalue weighted by Gasteiger charge is 2.05. The Bertz CT molecular complexity index is 317. The van der Waals surface area contributed by atoms with Crippen LogP contribution in [0.1, 0.15) is 6.92 Å². The summed E-state index contributed by atoms with van der Waals surface area (Å²) in [4.78, 5) is 0. The van der Waals surface area contributed by atoms with E-state index >= 15 is 0 Å². The highest BCUT2D eigenvalue weighted by atomic mass is 79.9. The fraction of sp³-hybridized carbons (Fsp3) is 0.455. The summed E-state index contributed by atoms with van der Waals surface area (Å²) in [5.41, 5.74) is 0.937. The van der Waals surface area contributed by atoms with Crippen LogP contribution in [0.5, 0.6) is 5.75 Å². The monoisotopic (exact) mass is 273 g/mol. The number of methoxy groups -OCH3 is 1. The molecule has 84 valence electrons. The summed E-state index contributed by atoms with van der Waals surface area (Å²) in [5.74, 6) is 1.04. The first kappa shape index (κ1) is 12.3. The molecule has 0 bridgehead atoms. The summed E-state index contributed by atoms with van der Waals surface area (Å²) in [6.45, 7) is 2.89. The van der Waals surface area contributed by atoms with Crippen LogP contribution < -0.4 is 10.1 Å². The van der Waals surface area contributed by atoms with E-state index < -0.39 is 0 Å². The number of ether oxygens (including phenoxy) is 1. The van der Waals surface area contributed by atoms with E-state index in [1.165, 1.54) is 0 Å². The van der Waals surface area contributed by atoms with Crippen LogP contribution in [-0.4, -0.2) is 25.4 Å². The minimum atomic E-state index is 0.184. The zero-order valence-electron chi connectivity index (χ0n) is 8.96. The summed E-state index contributed by atoms with van der Waals surface area (Å²) in [7, 11) is 1.64. The number of hydrogen-bond donors (Lipinski definition) is 2. The van der Waals surface area contributed by atoms with E-state index in [0.29, 0.717) is 0 Å². The van der Waals surface area contributed by atoms with Gasteiger partial charge in [-0.05, 0) is 24.1 Å². The molecule has 2 N–H and O–H groups in total. The van der Waals surface area contributed by atoms with E-state index in [-0.39, 0.29) is 12.5 Å². The van der Waals surface area contributed by atoms with E-state index in [9.17, 15) is 0 Å². The Morgan fingerprint density at radius 3 is 2.87 bits per heavy atom. The second kappa shape index (κ2) is 5.98. The number of halogens is 1. The van der Waals surface area contributed by atoms with Gasteiger partial charge in [-0.3, -0.25) is 0 Å². The molecule has 0 heterocycles. The van der Waals surface area contributed by atoms with E-state index in [4.69, 9.17) is 9.84 Å². The standard InChI is InChI=1S/C11H16BrNO2/c1-8(7-14)6-13-10-5-9(12)3-4-11(10)15-2/h3-5,8,13-14H,6-7H2,1-2H3. The average Bonchev–Trinajstić information content (AvgIpc) is 2.26. The number of benzene rings is 1. The second-order valence-corrected chi connectivity index (χ2v) is 4.43. The summed E-state index contributed by atoms with van der Waals surface area (Å²) < 4.78 is 6.22. The number of aliphatic hydroxyl groups is 1. The SMILES string of the molecule is COc1ccc(Br)cc1NCC(C)CO. The summed E-state index contributed by atoms with van der Waals surface area (Å²) >= 11 is 3.40. The number of aliphatic hydroxyl groups excluding tert-OH is 1. The van der Waals surface area contributed by atoms with Crippen molar-refractivity contribution in [1.29, 1.82) is 0 Å². The molecule has 0 aliphatic heterocycles. The first-order valence-corrected chi connectivity index (χ1v) is 5.65. The fourth-order valence-corrected chi connectivity index (χ4v) is 1.53. The number of nitrogens with one attached hydrogen (secondary N) is 1. The van der Waals surface area contributed by atoms with Crippen molar-refractivity contribution in [3.8, 4) is 5.75 Å². The van der Waals surface area contributed by atoms with Crippen LogP contribution in [0.3, 0.4) is 0 Å². The number of rotatable bonds is 5. The predicted molar refractivity (Wildman–Crippen MR) is 65.4 cm³/mol. The first-order valence-electron chi connectivity index (χ1n) is 4.85. The molecule has 0 aromatic heterocycles. The molecule has 1 aromatic carbocycles. The molecule has 0 saturated heterocycles. The topological polar surface area (TPSA) is 41.5 Å². The summed E-state index contributed by atoms with van der Waals surface area (Å²) in [6, 6.07) is 5.79. The zero-order chi connectivity index (χ0) is 11.3. The van der Waals surface area contributed by atoms with Crippen molar-refractivity contribution in [3.63, 3.8) is 0 Å². The zero-order valence-corrected chi connectivity index (χ0v) is 10.5. The maximum absolute atomic E-state index is 8.91. The Morgan fingerprint density at radius 1 is 1.53 bits per heavy atom. The molecule has 0 saturated carbocycles. The van der Waals surface area contributed by atoms with Gasteiger partial charge in [0, 0.05) is 17.6 Å². The Balaban J connectivity index is 2.69. The Kier molecular flexibility index (Phi) is 4.91. The van der Waals surface area contributed by atoms with Gasteiger partial charge in [0.2, 0.25) is 0 Å². The molecule has 15 heavy (non-hydrogen) atoms. The lowest BCUT2D eigenvalue weighted by molar-refractivity contribution is 0.244. The molecule has 4 heteroatoms. The first-order chi connectivity index (χ1) is 7.17. The van der Waals surface area contributed by atoms with Crippen LogP contribution in [0.15, 0.2) is 22.7 Å². The maximum atomic E-state index is 8.91. The molecule has 0 radical (unpaired) electrons. The van der Waals surface area contributed by atoms with Gasteiger partial charge in [-0.1, -0.05) is 22.9 Å². The molecule has 1 rings (SSSR count). The molecule has 0 aliphatic carbocycles. The van der Waals surface area contributed by atoms with E-state index in [1.807, 2.05) is 25.1 Å². The molecule has 0 fully saturated rings. The lowest BCUT2D eigenvalue weighted by atomic mass is 10.2. The average molecular weight is 274 g/mol. The van der Waals surface area contributed by atoms with Crippen LogP contribution in [-0.2, 0) is 0 Å². The van der Waals surface area contributed by atoms with E-state index in [0.717, 1.165) is 22.5 Å². The van der Waals surface area contributed by atoms with Gasteiger partial charge in [0.1, 0.15) is 5.75 Å². The Morgan fingerprint density at radius 2 is 2.27 bits per heavy atom. The molecule has 1 atom stereocenters. The third-order valence-corrected chi connectivity index (χ3v) is 2.61. The molecule has 0 spiro atoms. The van der Waals surface area contributed by atoms with Crippen molar-refractivity contribution >= 4 is 21.6 Å². The van der Waals surface area contributed by atoms with Crippen molar-refractivity contribution in [1.82, 2.24) is 0 Å². The Labute approximate surface area is 98.6 Å². The van der Waals surface area contributed by atoms with Crippen LogP contribution >= 0.6 is 15.9 Å². The van der Waals surface area contributed by atoms with E-state index in [2.05, 4.69) is 21.2 Å². The fourth-order valence-electron chi connectivity index (χ4n) is 1.17. The molecule has 1 unspecified atom stereocenters. The molecular formula is C11H16BrNO2. The number of anilines is 1. The van der Waals surface area contributed by atoms with E-state index in [1.54, 1.807) is 7.11 Å². The van der Waals surface area contributed by atoms with Gasteiger partial charge in [0.05, 0.1) is 12.8 Å². The van der Waals surface area contributed by atoms with Gasteiger partial charge in [0.15, 0.2) is 0 Å². The van der Waals surface area contributed by atoms with Crippen LogP contribution in [0.2, 0.25) is 0 Å². The van der Waals surface area contributed by atoms with Gasteiger partial charge in [-0.2, -0.15) is 0 Å². The van der Waals surface area contributed by atoms with Gasteiger partial charge in [-0.15, -0.1) is 0 Å². The molecule has 3 nitrogen and oxygen atoms in total. The lowest BCUT2D eigenvalue weighted by Gasteiger charge is -2.14. The second-order valence-electron chi connectivity index (χ2n) is 3.51. The lowest BCUT2D eigenvalue weighted by Crippen LogP contribution is -2.14. The van der Waals surface area contributed by atoms with Crippen LogP contribution in [0.25, 0.3) is 0 Å². The molecule has 0 aliphatic rings. The van der Waals surface area contributed by atoms with Crippen molar-refractivity contribution < 1.29 is 9.84 Å². The van der Waals surface area contributed by atoms with Crippen LogP contribution in [0.4, 0.5) is 5.69 Å².